The molecule has 0 spiro atoms. The maximum atomic E-state index is 10.3. The lowest BCUT2D eigenvalue weighted by Gasteiger charge is -2.18. The van der Waals surface area contributed by atoms with Crippen LogP contribution in [-0.2, 0) is 0 Å². The van der Waals surface area contributed by atoms with Crippen molar-refractivity contribution < 1.29 is 10.2 Å². The van der Waals surface area contributed by atoms with E-state index in [1.165, 1.54) is 0 Å². The van der Waals surface area contributed by atoms with Gasteiger partial charge in [-0.25, -0.2) is 14.6 Å². The molecule has 0 amide bonds. The third kappa shape index (κ3) is 3.39. The van der Waals surface area contributed by atoms with Crippen LogP contribution >= 0.6 is 0 Å². The minimum absolute atomic E-state index is 0.286. The molecular weight excluding hydrogens is 406 g/mol. The highest BCUT2D eigenvalue weighted by Gasteiger charge is 2.21. The molecule has 1 aromatic carbocycles. The lowest BCUT2D eigenvalue weighted by Crippen LogP contribution is -2.20. The number of benzene rings is 1. The average Bonchev–Trinajstić information content (AvgIpc) is 3.50. The maximum Gasteiger partial charge on any atom is 0.163 e. The van der Waals surface area contributed by atoms with E-state index in [4.69, 9.17) is 4.98 Å². The molecule has 3 aromatic heterocycles. The van der Waals surface area contributed by atoms with Gasteiger partial charge in [0, 0.05) is 30.0 Å². The highest BCUT2D eigenvalue weighted by atomic mass is 16.3. The quantitative estimate of drug-likeness (QED) is 0.512. The molecule has 0 radical (unpaired) electrons. The first kappa shape index (κ1) is 20.2. The van der Waals surface area contributed by atoms with Gasteiger partial charge in [0.05, 0.1) is 23.2 Å². The summed E-state index contributed by atoms with van der Waals surface area (Å²) in [6.07, 6.45) is 1.46. The molecule has 1 fully saturated rings. The van der Waals surface area contributed by atoms with Gasteiger partial charge < -0.3 is 15.1 Å². The summed E-state index contributed by atoms with van der Waals surface area (Å²) in [4.78, 5) is 11.5. The zero-order valence-electron chi connectivity index (χ0n) is 17.8. The highest BCUT2D eigenvalue weighted by Crippen LogP contribution is 2.28. The summed E-state index contributed by atoms with van der Waals surface area (Å²) in [5.41, 5.74) is 4.41. The van der Waals surface area contributed by atoms with Crippen molar-refractivity contribution in [2.45, 2.75) is 32.5 Å². The van der Waals surface area contributed by atoms with Gasteiger partial charge in [-0.3, -0.25) is 4.57 Å². The Morgan fingerprint density at radius 3 is 2.75 bits per heavy atom. The molecule has 2 N–H and O–H groups in total. The molecule has 1 aliphatic heterocycles. The van der Waals surface area contributed by atoms with Gasteiger partial charge in [0.2, 0.25) is 0 Å². The molecule has 4 aromatic rings. The first-order valence-corrected chi connectivity index (χ1v) is 10.5. The lowest BCUT2D eigenvalue weighted by molar-refractivity contribution is 0.198. The molecule has 2 atom stereocenters. The fourth-order valence-corrected chi connectivity index (χ4v) is 4.18. The van der Waals surface area contributed by atoms with Crippen molar-refractivity contribution in [1.29, 1.82) is 5.26 Å². The molecule has 162 valence electrons. The Morgan fingerprint density at radius 1 is 1.22 bits per heavy atom. The zero-order chi connectivity index (χ0) is 22.4. The first-order valence-electron chi connectivity index (χ1n) is 10.5. The van der Waals surface area contributed by atoms with Gasteiger partial charge in [-0.15, -0.1) is 0 Å². The van der Waals surface area contributed by atoms with E-state index in [1.807, 2.05) is 47.9 Å². The number of hydrogen-bond donors (Lipinski definition) is 2. The minimum atomic E-state index is -0.751. The first-order chi connectivity index (χ1) is 15.4. The Kier molecular flexibility index (Phi) is 4.89. The summed E-state index contributed by atoms with van der Waals surface area (Å²) in [6, 6.07) is 13.4. The normalized spacial score (nSPS) is 17.1. The van der Waals surface area contributed by atoms with Crippen molar-refractivity contribution in [3.8, 4) is 17.7 Å². The van der Waals surface area contributed by atoms with E-state index in [2.05, 4.69) is 15.0 Å². The molecule has 0 aliphatic carbocycles. The Morgan fingerprint density at radius 2 is 2.06 bits per heavy atom. The molecule has 32 heavy (non-hydrogen) atoms. The van der Waals surface area contributed by atoms with Crippen LogP contribution in [-0.4, -0.2) is 53.7 Å². The number of imidazole rings is 1. The van der Waals surface area contributed by atoms with Crippen molar-refractivity contribution in [2.75, 3.05) is 18.0 Å². The number of nitriles is 1. The van der Waals surface area contributed by atoms with Crippen molar-refractivity contribution in [1.82, 2.24) is 24.3 Å². The lowest BCUT2D eigenvalue weighted by atomic mass is 10.1. The molecule has 9 nitrogen and oxygen atoms in total. The summed E-state index contributed by atoms with van der Waals surface area (Å²) in [6.45, 7) is 4.98. The molecule has 1 aliphatic rings. The van der Waals surface area contributed by atoms with Gasteiger partial charge in [0.25, 0.3) is 0 Å². The number of aliphatic hydroxyl groups excluding tert-OH is 2. The molecule has 1 saturated heterocycles. The van der Waals surface area contributed by atoms with Gasteiger partial charge in [0.1, 0.15) is 18.2 Å². The summed E-state index contributed by atoms with van der Waals surface area (Å²) in [5.74, 6) is 1.10. The number of aryl methyl sites for hydroxylation is 1. The number of nitrogens with zero attached hydrogens (tertiary/aromatic N) is 7. The largest absolute Gasteiger partial charge is 0.391 e. The number of fused-ring (bicyclic) bond motifs is 1. The third-order valence-electron chi connectivity index (χ3n) is 5.85. The second kappa shape index (κ2) is 7.75. The number of β-amino-alcohol motifs (C(OH)–C–C–N with tert-alkyl or cyclic N) is 1. The number of aromatic nitrogens is 5. The number of rotatable bonds is 4. The van der Waals surface area contributed by atoms with E-state index in [0.717, 1.165) is 35.4 Å². The minimum Gasteiger partial charge on any atom is -0.391 e. The molecule has 0 bridgehead atoms. The number of aliphatic hydroxyl groups is 2. The average molecular weight is 429 g/mol. The summed E-state index contributed by atoms with van der Waals surface area (Å²) >= 11 is 0. The third-order valence-corrected chi connectivity index (χ3v) is 5.85. The fraction of sp³-hybridized carbons (Fsp3) is 0.304. The van der Waals surface area contributed by atoms with Crippen LogP contribution in [0.1, 0.15) is 36.4 Å². The smallest absolute Gasteiger partial charge is 0.163 e. The maximum absolute atomic E-state index is 10.3. The van der Waals surface area contributed by atoms with Crippen LogP contribution in [0.15, 0.2) is 42.7 Å². The number of pyridine rings is 1. The van der Waals surface area contributed by atoms with E-state index in [1.54, 1.807) is 24.0 Å². The standard InChI is InChI=1S/C23H23N7O2/c1-14-9-16(11-24)27-30(14)23-19(15(2)31)4-6-22(26-23)29-13-25-20-10-17(3-5-21(20)29)28-8-7-18(32)12-28/h3-6,9-10,13,15,18,31-32H,7-8,12H2,1-2H3/t15?,18-/m0/s1. The van der Waals surface area contributed by atoms with Gasteiger partial charge in [-0.1, -0.05) is 0 Å². The SMILES string of the molecule is Cc1cc(C#N)nn1-c1nc(-n2cnc3cc(N4CC[C@H](O)C4)ccc32)ccc1C(C)O. The fourth-order valence-electron chi connectivity index (χ4n) is 4.18. The van der Waals surface area contributed by atoms with E-state index in [-0.39, 0.29) is 6.10 Å². The van der Waals surface area contributed by atoms with E-state index < -0.39 is 6.10 Å². The number of anilines is 1. The van der Waals surface area contributed by atoms with E-state index >= 15 is 0 Å². The monoisotopic (exact) mass is 429 g/mol. The summed E-state index contributed by atoms with van der Waals surface area (Å²) in [7, 11) is 0. The second-order valence-corrected chi connectivity index (χ2v) is 8.13. The van der Waals surface area contributed by atoms with E-state index in [0.29, 0.717) is 29.4 Å². The van der Waals surface area contributed by atoms with Crippen LogP contribution in [0.3, 0.4) is 0 Å². The Labute approximate surface area is 184 Å². The van der Waals surface area contributed by atoms with Crippen molar-refractivity contribution in [3.63, 3.8) is 0 Å². The summed E-state index contributed by atoms with van der Waals surface area (Å²) < 4.78 is 3.47. The predicted octanol–water partition coefficient (Wildman–Crippen LogP) is 2.41. The number of hydrogen-bond acceptors (Lipinski definition) is 7. The van der Waals surface area contributed by atoms with Crippen molar-refractivity contribution in [2.24, 2.45) is 0 Å². The van der Waals surface area contributed by atoms with Crippen LogP contribution in [0.25, 0.3) is 22.7 Å². The van der Waals surface area contributed by atoms with Crippen LogP contribution in [0, 0.1) is 18.3 Å². The highest BCUT2D eigenvalue weighted by molar-refractivity contribution is 5.81. The predicted molar refractivity (Wildman–Crippen MR) is 119 cm³/mol. The van der Waals surface area contributed by atoms with Crippen LogP contribution in [0.5, 0.6) is 0 Å². The Balaban J connectivity index is 1.59. The van der Waals surface area contributed by atoms with Crippen LogP contribution in [0.4, 0.5) is 5.69 Å². The second-order valence-electron chi connectivity index (χ2n) is 8.13. The van der Waals surface area contributed by atoms with Crippen molar-refractivity contribution >= 4 is 16.7 Å². The molecule has 4 heterocycles. The topological polar surface area (TPSA) is 116 Å². The van der Waals surface area contributed by atoms with Gasteiger partial charge in [0.15, 0.2) is 11.5 Å². The Hall–Kier alpha value is -3.74. The van der Waals surface area contributed by atoms with Crippen molar-refractivity contribution in [3.05, 3.63) is 59.7 Å². The van der Waals surface area contributed by atoms with Gasteiger partial charge in [-0.05, 0) is 56.7 Å². The molecular formula is C23H23N7O2. The van der Waals surface area contributed by atoms with E-state index in [9.17, 15) is 15.5 Å². The van der Waals surface area contributed by atoms with Crippen LogP contribution in [0.2, 0.25) is 0 Å². The van der Waals surface area contributed by atoms with Crippen LogP contribution < -0.4 is 4.90 Å². The molecule has 1 unspecified atom stereocenters. The zero-order valence-corrected chi connectivity index (χ0v) is 17.8. The Bertz CT molecular complexity index is 1350. The molecule has 9 heteroatoms. The molecule has 5 rings (SSSR count). The summed E-state index contributed by atoms with van der Waals surface area (Å²) in [5, 5.41) is 33.6. The van der Waals surface area contributed by atoms with Gasteiger partial charge >= 0.3 is 0 Å². The van der Waals surface area contributed by atoms with Gasteiger partial charge in [-0.2, -0.15) is 10.4 Å². The molecule has 0 saturated carbocycles.